The lowest BCUT2D eigenvalue weighted by atomic mass is 10.1. The Bertz CT molecular complexity index is 1280. The summed E-state index contributed by atoms with van der Waals surface area (Å²) >= 11 is 1.35. The van der Waals surface area contributed by atoms with E-state index in [1.807, 2.05) is 62.6 Å². The van der Waals surface area contributed by atoms with E-state index in [1.54, 1.807) is 12.1 Å². The molecule has 4 aromatic rings. The monoisotopic (exact) mass is 474 g/mol. The molecule has 1 N–H and O–H groups in total. The minimum absolute atomic E-state index is 0.0994. The Morgan fingerprint density at radius 2 is 1.65 bits per heavy atom. The molecular weight excluding hydrogens is 447 g/mol. The number of carbonyl (C=O) groups is 1. The zero-order valence-electron chi connectivity index (χ0n) is 19.7. The van der Waals surface area contributed by atoms with Crippen LogP contribution in [-0.4, -0.2) is 25.9 Å². The summed E-state index contributed by atoms with van der Waals surface area (Å²) in [5, 5.41) is 12.1. The number of aromatic nitrogens is 3. The van der Waals surface area contributed by atoms with Crippen LogP contribution in [0.25, 0.3) is 11.4 Å². The lowest BCUT2D eigenvalue weighted by Gasteiger charge is -2.17. The molecule has 4 rings (SSSR count). The summed E-state index contributed by atoms with van der Waals surface area (Å²) < 4.78 is 15.5. The molecule has 0 aliphatic carbocycles. The Balaban J connectivity index is 1.60. The van der Waals surface area contributed by atoms with Crippen LogP contribution < -0.4 is 5.32 Å². The van der Waals surface area contributed by atoms with Crippen LogP contribution in [0.15, 0.2) is 71.9 Å². The fraction of sp³-hybridized carbons (Fsp3) is 0.222. The first-order chi connectivity index (χ1) is 16.3. The summed E-state index contributed by atoms with van der Waals surface area (Å²) in [6.07, 6.45) is 0. The Morgan fingerprint density at radius 1 is 1.00 bits per heavy atom. The average molecular weight is 475 g/mol. The molecule has 0 bridgehead atoms. The maximum Gasteiger partial charge on any atom is 0.237 e. The van der Waals surface area contributed by atoms with Gasteiger partial charge in [-0.1, -0.05) is 59.8 Å². The molecule has 3 aromatic carbocycles. The van der Waals surface area contributed by atoms with E-state index in [1.165, 1.54) is 23.9 Å². The number of anilines is 1. The molecule has 1 unspecified atom stereocenters. The summed E-state index contributed by atoms with van der Waals surface area (Å²) in [4.78, 5) is 13.1. The van der Waals surface area contributed by atoms with Gasteiger partial charge in [0.05, 0.1) is 11.8 Å². The molecule has 0 aliphatic heterocycles. The quantitative estimate of drug-likeness (QED) is 0.325. The Morgan fingerprint density at radius 3 is 2.29 bits per heavy atom. The van der Waals surface area contributed by atoms with Crippen molar-refractivity contribution in [3.63, 3.8) is 0 Å². The van der Waals surface area contributed by atoms with Crippen LogP contribution in [0.4, 0.5) is 10.1 Å². The smallest absolute Gasteiger partial charge is 0.237 e. The molecule has 5 nitrogen and oxygen atoms in total. The van der Waals surface area contributed by atoms with Crippen LogP contribution in [0, 0.1) is 26.6 Å². The minimum Gasteiger partial charge on any atom is -0.325 e. The topological polar surface area (TPSA) is 59.8 Å². The highest BCUT2D eigenvalue weighted by molar-refractivity contribution is 8.00. The van der Waals surface area contributed by atoms with Crippen LogP contribution in [0.5, 0.6) is 0 Å². The second-order valence-corrected chi connectivity index (χ2v) is 9.72. The lowest BCUT2D eigenvalue weighted by molar-refractivity contribution is -0.115. The Hall–Kier alpha value is -3.45. The van der Waals surface area contributed by atoms with Crippen LogP contribution in [0.1, 0.15) is 29.2 Å². The van der Waals surface area contributed by atoms with E-state index in [9.17, 15) is 9.18 Å². The Labute approximate surface area is 203 Å². The van der Waals surface area contributed by atoms with E-state index in [4.69, 9.17) is 0 Å². The molecule has 0 radical (unpaired) electrons. The van der Waals surface area contributed by atoms with Gasteiger partial charge >= 0.3 is 0 Å². The highest BCUT2D eigenvalue weighted by Gasteiger charge is 2.22. The van der Waals surface area contributed by atoms with Gasteiger partial charge < -0.3 is 5.32 Å². The van der Waals surface area contributed by atoms with Gasteiger partial charge in [-0.3, -0.25) is 9.36 Å². The number of rotatable bonds is 7. The molecule has 0 spiro atoms. The number of amides is 1. The van der Waals surface area contributed by atoms with Gasteiger partial charge in [0, 0.05) is 11.3 Å². The Kier molecular flexibility index (Phi) is 7.12. The van der Waals surface area contributed by atoms with Gasteiger partial charge in [0.2, 0.25) is 5.91 Å². The highest BCUT2D eigenvalue weighted by atomic mass is 32.2. The SMILES string of the molecule is Cc1cc(C)c(NC(=O)C(C)Sc2nnc(-c3ccc(F)cc3)n2Cc2ccccc2)c(C)c1. The van der Waals surface area contributed by atoms with E-state index in [0.717, 1.165) is 33.5 Å². The van der Waals surface area contributed by atoms with E-state index < -0.39 is 5.25 Å². The molecule has 0 fully saturated rings. The van der Waals surface area contributed by atoms with Crippen LogP contribution in [-0.2, 0) is 11.3 Å². The predicted octanol–water partition coefficient (Wildman–Crippen LogP) is 6.18. The summed E-state index contributed by atoms with van der Waals surface area (Å²) in [7, 11) is 0. The molecule has 174 valence electrons. The number of halogens is 1. The third-order valence-electron chi connectivity index (χ3n) is 5.58. The van der Waals surface area contributed by atoms with Crippen molar-refractivity contribution in [2.75, 3.05) is 5.32 Å². The molecule has 1 aromatic heterocycles. The summed E-state index contributed by atoms with van der Waals surface area (Å²) in [5.41, 5.74) is 5.93. The summed E-state index contributed by atoms with van der Waals surface area (Å²) in [6, 6.07) is 20.3. The van der Waals surface area contributed by atoms with Crippen LogP contribution in [0.2, 0.25) is 0 Å². The van der Waals surface area contributed by atoms with Crippen LogP contribution >= 0.6 is 11.8 Å². The highest BCUT2D eigenvalue weighted by Crippen LogP contribution is 2.29. The number of benzene rings is 3. The van der Waals surface area contributed by atoms with Crippen molar-refractivity contribution in [3.8, 4) is 11.4 Å². The van der Waals surface area contributed by atoms with Crippen molar-refractivity contribution in [1.29, 1.82) is 0 Å². The second kappa shape index (κ2) is 10.2. The molecule has 0 aliphatic rings. The first kappa shape index (κ1) is 23.7. The predicted molar refractivity (Wildman–Crippen MR) is 136 cm³/mol. The second-order valence-electron chi connectivity index (χ2n) is 8.41. The standard InChI is InChI=1S/C27H27FN4OS/c1-17-14-18(2)24(19(3)15-17)29-26(33)20(4)34-27-31-30-25(22-10-12-23(28)13-11-22)32(27)16-21-8-6-5-7-9-21/h5-15,20H,16H2,1-4H3,(H,29,33). The van der Waals surface area contributed by atoms with E-state index in [0.29, 0.717) is 17.5 Å². The first-order valence-corrected chi connectivity index (χ1v) is 12.0. The number of nitrogens with zero attached hydrogens (tertiary/aromatic N) is 3. The van der Waals surface area contributed by atoms with Crippen molar-refractivity contribution in [2.45, 2.75) is 44.6 Å². The number of nitrogens with one attached hydrogen (secondary N) is 1. The van der Waals surface area contributed by atoms with Crippen LogP contribution in [0.3, 0.4) is 0 Å². The van der Waals surface area contributed by atoms with Gasteiger partial charge in [-0.2, -0.15) is 0 Å². The number of aryl methyl sites for hydroxylation is 3. The fourth-order valence-corrected chi connectivity index (χ4v) is 4.76. The van der Waals surface area contributed by atoms with Gasteiger partial charge in [0.15, 0.2) is 11.0 Å². The van der Waals surface area contributed by atoms with Crippen molar-refractivity contribution < 1.29 is 9.18 Å². The van der Waals surface area contributed by atoms with Gasteiger partial charge in [-0.05, 0) is 68.7 Å². The zero-order valence-corrected chi connectivity index (χ0v) is 20.5. The van der Waals surface area contributed by atoms with Crippen molar-refractivity contribution >= 4 is 23.4 Å². The molecule has 0 saturated heterocycles. The van der Waals surface area contributed by atoms with E-state index in [-0.39, 0.29) is 11.7 Å². The summed E-state index contributed by atoms with van der Waals surface area (Å²) in [6.45, 7) is 8.44. The maximum atomic E-state index is 13.5. The molecule has 34 heavy (non-hydrogen) atoms. The van der Waals surface area contributed by atoms with Crippen molar-refractivity contribution in [2.24, 2.45) is 0 Å². The third-order valence-corrected chi connectivity index (χ3v) is 6.66. The first-order valence-electron chi connectivity index (χ1n) is 11.1. The molecular formula is C27H27FN4OS. The van der Waals surface area contributed by atoms with Gasteiger partial charge in [-0.25, -0.2) is 4.39 Å². The van der Waals surface area contributed by atoms with E-state index >= 15 is 0 Å². The largest absolute Gasteiger partial charge is 0.325 e. The van der Waals surface area contributed by atoms with Crippen molar-refractivity contribution in [1.82, 2.24) is 14.8 Å². The van der Waals surface area contributed by atoms with Crippen molar-refractivity contribution in [3.05, 3.63) is 94.8 Å². The molecule has 1 amide bonds. The average Bonchev–Trinajstić information content (AvgIpc) is 3.19. The normalized spacial score (nSPS) is 11.9. The molecule has 7 heteroatoms. The molecule has 1 heterocycles. The number of thioether (sulfide) groups is 1. The number of carbonyl (C=O) groups excluding carboxylic acids is 1. The maximum absolute atomic E-state index is 13.5. The number of hydrogen-bond donors (Lipinski definition) is 1. The van der Waals surface area contributed by atoms with Gasteiger partial charge in [0.1, 0.15) is 5.82 Å². The number of hydrogen-bond acceptors (Lipinski definition) is 4. The van der Waals surface area contributed by atoms with Gasteiger partial charge in [0.25, 0.3) is 0 Å². The molecule has 1 atom stereocenters. The third kappa shape index (κ3) is 5.37. The summed E-state index contributed by atoms with van der Waals surface area (Å²) in [5.74, 6) is 0.223. The minimum atomic E-state index is -0.403. The molecule has 0 saturated carbocycles. The fourth-order valence-electron chi connectivity index (χ4n) is 3.91. The van der Waals surface area contributed by atoms with Gasteiger partial charge in [-0.15, -0.1) is 10.2 Å². The zero-order chi connectivity index (χ0) is 24.2. The van der Waals surface area contributed by atoms with E-state index in [2.05, 4.69) is 27.6 Å². The lowest BCUT2D eigenvalue weighted by Crippen LogP contribution is -2.24.